The predicted octanol–water partition coefficient (Wildman–Crippen LogP) is 1.80. The van der Waals surface area contributed by atoms with Gasteiger partial charge in [0.05, 0.1) is 18.4 Å². The number of ether oxygens (including phenoxy) is 1. The van der Waals surface area contributed by atoms with E-state index in [1.165, 1.54) is 6.07 Å². The lowest BCUT2D eigenvalue weighted by Gasteiger charge is -2.31. The van der Waals surface area contributed by atoms with Crippen LogP contribution in [0.4, 0.5) is 4.39 Å². The molecular formula is C19H23FN2O4. The van der Waals surface area contributed by atoms with Gasteiger partial charge in [-0.2, -0.15) is 0 Å². The Morgan fingerprint density at radius 3 is 2.50 bits per heavy atom. The molecule has 0 saturated carbocycles. The number of carbonyl (C=O) groups excluding carboxylic acids is 3. The van der Waals surface area contributed by atoms with Crippen molar-refractivity contribution < 1.29 is 23.5 Å². The monoisotopic (exact) mass is 362 g/mol. The third kappa shape index (κ3) is 2.45. The van der Waals surface area contributed by atoms with E-state index in [2.05, 4.69) is 5.32 Å². The molecule has 0 unspecified atom stereocenters. The van der Waals surface area contributed by atoms with Gasteiger partial charge in [-0.05, 0) is 26.3 Å². The number of esters is 1. The fourth-order valence-corrected chi connectivity index (χ4v) is 4.28. The van der Waals surface area contributed by atoms with Gasteiger partial charge >= 0.3 is 5.97 Å². The summed E-state index contributed by atoms with van der Waals surface area (Å²) in [4.78, 5) is 39.8. The summed E-state index contributed by atoms with van der Waals surface area (Å²) in [6.45, 7) is 5.53. The molecule has 26 heavy (non-hydrogen) atoms. The Morgan fingerprint density at radius 2 is 1.92 bits per heavy atom. The van der Waals surface area contributed by atoms with Crippen molar-refractivity contribution in [1.82, 2.24) is 10.2 Å². The van der Waals surface area contributed by atoms with Crippen LogP contribution in [0.5, 0.6) is 0 Å². The molecule has 0 aliphatic carbocycles. The Morgan fingerprint density at radius 1 is 1.23 bits per heavy atom. The average Bonchev–Trinajstić information content (AvgIpc) is 3.10. The van der Waals surface area contributed by atoms with Crippen molar-refractivity contribution in [2.75, 3.05) is 13.2 Å². The quantitative estimate of drug-likeness (QED) is 0.639. The molecule has 0 radical (unpaired) electrons. The number of benzene rings is 1. The summed E-state index contributed by atoms with van der Waals surface area (Å²) < 4.78 is 19.7. The number of nitrogens with zero attached hydrogens (tertiary/aromatic N) is 1. The highest BCUT2D eigenvalue weighted by Crippen LogP contribution is 2.50. The van der Waals surface area contributed by atoms with Crippen molar-refractivity contribution in [3.63, 3.8) is 0 Å². The molecule has 4 atom stereocenters. The van der Waals surface area contributed by atoms with Crippen LogP contribution in [0.25, 0.3) is 0 Å². The van der Waals surface area contributed by atoms with E-state index in [0.717, 1.165) is 4.90 Å². The topological polar surface area (TPSA) is 75.7 Å². The molecule has 2 heterocycles. The number of fused-ring (bicyclic) bond motifs is 1. The summed E-state index contributed by atoms with van der Waals surface area (Å²) in [6, 6.07) is 5.35. The lowest BCUT2D eigenvalue weighted by atomic mass is 9.78. The third-order valence-electron chi connectivity index (χ3n) is 5.50. The van der Waals surface area contributed by atoms with Gasteiger partial charge in [-0.15, -0.1) is 0 Å². The molecule has 1 aromatic carbocycles. The Labute approximate surface area is 151 Å². The molecule has 0 bridgehead atoms. The van der Waals surface area contributed by atoms with E-state index in [4.69, 9.17) is 4.74 Å². The van der Waals surface area contributed by atoms with E-state index in [1.807, 2.05) is 0 Å². The van der Waals surface area contributed by atoms with Crippen LogP contribution in [0.2, 0.25) is 0 Å². The fraction of sp³-hybridized carbons (Fsp3) is 0.526. The summed E-state index contributed by atoms with van der Waals surface area (Å²) in [5.74, 6) is -3.55. The lowest BCUT2D eigenvalue weighted by molar-refractivity contribution is -0.156. The highest BCUT2D eigenvalue weighted by molar-refractivity contribution is 6.09. The molecule has 7 heteroatoms. The molecule has 2 saturated heterocycles. The Balaban J connectivity index is 2.15. The van der Waals surface area contributed by atoms with Crippen LogP contribution in [0.1, 0.15) is 38.8 Å². The van der Waals surface area contributed by atoms with Gasteiger partial charge in [0.1, 0.15) is 11.4 Å². The number of likely N-dealkylation sites (tertiary alicyclic amines) is 1. The molecule has 2 aliphatic heterocycles. The maximum atomic E-state index is 14.4. The second-order valence-corrected chi connectivity index (χ2v) is 6.61. The minimum Gasteiger partial charge on any atom is -0.465 e. The van der Waals surface area contributed by atoms with Gasteiger partial charge in [-0.1, -0.05) is 25.1 Å². The number of rotatable bonds is 5. The van der Waals surface area contributed by atoms with Crippen molar-refractivity contribution in [2.24, 2.45) is 11.8 Å². The first-order chi connectivity index (χ1) is 12.4. The van der Waals surface area contributed by atoms with E-state index >= 15 is 0 Å². The van der Waals surface area contributed by atoms with Crippen LogP contribution < -0.4 is 5.32 Å². The van der Waals surface area contributed by atoms with Gasteiger partial charge < -0.3 is 4.74 Å². The number of hydrogen-bond acceptors (Lipinski definition) is 5. The largest absolute Gasteiger partial charge is 0.465 e. The molecule has 0 aromatic heterocycles. The first-order valence-corrected chi connectivity index (χ1v) is 8.97. The standard InChI is InChI=1S/C19H23FN2O4/c1-4-19(18(25)26-6-3)14-13(16(23)22(5-2)17(14)24)15(21-19)11-9-7-8-10-12(11)20/h7-10,13-15,21H,4-6H2,1-3H3/t13-,14-,15-,19-/m1/s1. The smallest absolute Gasteiger partial charge is 0.327 e. The van der Waals surface area contributed by atoms with Crippen LogP contribution >= 0.6 is 0 Å². The molecule has 3 rings (SSSR count). The van der Waals surface area contributed by atoms with E-state index < -0.39 is 41.1 Å². The second kappa shape index (κ2) is 6.79. The predicted molar refractivity (Wildman–Crippen MR) is 91.3 cm³/mol. The van der Waals surface area contributed by atoms with E-state index in [0.29, 0.717) is 0 Å². The first-order valence-electron chi connectivity index (χ1n) is 8.97. The lowest BCUT2D eigenvalue weighted by Crippen LogP contribution is -2.56. The molecular weight excluding hydrogens is 339 g/mol. The summed E-state index contributed by atoms with van der Waals surface area (Å²) in [5, 5.41) is 3.12. The minimum atomic E-state index is -1.34. The van der Waals surface area contributed by atoms with Crippen molar-refractivity contribution in [1.29, 1.82) is 0 Å². The van der Waals surface area contributed by atoms with Crippen molar-refractivity contribution in [2.45, 2.75) is 38.8 Å². The minimum absolute atomic E-state index is 0.156. The average molecular weight is 362 g/mol. The zero-order valence-electron chi connectivity index (χ0n) is 15.1. The summed E-state index contributed by atoms with van der Waals surface area (Å²) in [5.41, 5.74) is -1.06. The molecule has 0 spiro atoms. The number of halogens is 1. The zero-order valence-corrected chi connectivity index (χ0v) is 15.1. The van der Waals surface area contributed by atoms with Gasteiger partial charge in [-0.3, -0.25) is 24.6 Å². The van der Waals surface area contributed by atoms with Gasteiger partial charge in [0, 0.05) is 18.2 Å². The van der Waals surface area contributed by atoms with E-state index in [-0.39, 0.29) is 31.0 Å². The zero-order chi connectivity index (χ0) is 19.1. The Hall–Kier alpha value is -2.28. The number of amides is 2. The SMILES string of the molecule is CCOC(=O)[C@]1(CC)N[C@H](c2ccccc2F)[C@@H]2C(=O)N(CC)C(=O)[C@@H]21. The van der Waals surface area contributed by atoms with Crippen LogP contribution in [0, 0.1) is 17.7 Å². The van der Waals surface area contributed by atoms with E-state index in [1.54, 1.807) is 39.0 Å². The summed E-state index contributed by atoms with van der Waals surface area (Å²) in [6.07, 6.45) is 0.258. The Bertz CT molecular complexity index is 753. The van der Waals surface area contributed by atoms with Crippen LogP contribution in [0.15, 0.2) is 24.3 Å². The van der Waals surface area contributed by atoms with E-state index in [9.17, 15) is 18.8 Å². The molecule has 1 N–H and O–H groups in total. The molecule has 2 fully saturated rings. The van der Waals surface area contributed by atoms with Gasteiger partial charge in [0.25, 0.3) is 0 Å². The number of imide groups is 1. The number of hydrogen-bond donors (Lipinski definition) is 1. The highest BCUT2D eigenvalue weighted by Gasteiger charge is 2.68. The van der Waals surface area contributed by atoms with Crippen molar-refractivity contribution >= 4 is 17.8 Å². The first kappa shape index (κ1) is 18.5. The summed E-state index contributed by atoms with van der Waals surface area (Å²) in [7, 11) is 0. The number of carbonyl (C=O) groups is 3. The molecule has 2 amide bonds. The normalized spacial score (nSPS) is 30.6. The third-order valence-corrected chi connectivity index (χ3v) is 5.50. The molecule has 6 nitrogen and oxygen atoms in total. The van der Waals surface area contributed by atoms with Crippen LogP contribution in [-0.4, -0.2) is 41.4 Å². The Kier molecular flexibility index (Phi) is 4.84. The summed E-state index contributed by atoms with van der Waals surface area (Å²) >= 11 is 0. The van der Waals surface area contributed by atoms with Crippen LogP contribution in [0.3, 0.4) is 0 Å². The fourth-order valence-electron chi connectivity index (χ4n) is 4.28. The highest BCUT2D eigenvalue weighted by atomic mass is 19.1. The van der Waals surface area contributed by atoms with Gasteiger partial charge in [0.15, 0.2) is 0 Å². The van der Waals surface area contributed by atoms with Crippen LogP contribution in [-0.2, 0) is 19.1 Å². The maximum absolute atomic E-state index is 14.4. The maximum Gasteiger partial charge on any atom is 0.327 e. The molecule has 140 valence electrons. The van der Waals surface area contributed by atoms with Gasteiger partial charge in [-0.25, -0.2) is 4.39 Å². The van der Waals surface area contributed by atoms with Crippen molar-refractivity contribution in [3.8, 4) is 0 Å². The van der Waals surface area contributed by atoms with Crippen molar-refractivity contribution in [3.05, 3.63) is 35.6 Å². The molecule has 1 aromatic rings. The van der Waals surface area contributed by atoms with Gasteiger partial charge in [0.2, 0.25) is 11.8 Å². The number of nitrogens with one attached hydrogen (secondary N) is 1. The molecule has 2 aliphatic rings. The second-order valence-electron chi connectivity index (χ2n) is 6.61.